The first-order valence-corrected chi connectivity index (χ1v) is 10.4. The van der Waals surface area contributed by atoms with Crippen LogP contribution in [0.3, 0.4) is 0 Å². The molecule has 0 fully saturated rings. The molecule has 3 aromatic rings. The van der Waals surface area contributed by atoms with E-state index in [0.717, 1.165) is 17.7 Å². The number of aromatic nitrogens is 2. The molecular weight excluding hydrogens is 399 g/mol. The minimum atomic E-state index is -0.920. The Morgan fingerprint density at radius 1 is 1.16 bits per heavy atom. The minimum Gasteiger partial charge on any atom is -0.493 e. The van der Waals surface area contributed by atoms with Gasteiger partial charge in [-0.3, -0.25) is 9.48 Å². The van der Waals surface area contributed by atoms with Crippen LogP contribution in [0.25, 0.3) is 22.5 Å². The summed E-state index contributed by atoms with van der Waals surface area (Å²) in [5, 5.41) is 24.1. The molecule has 6 nitrogen and oxygen atoms in total. The van der Waals surface area contributed by atoms with Crippen molar-refractivity contribution in [3.63, 3.8) is 0 Å². The molecule has 0 aliphatic heterocycles. The number of nitrogens with zero attached hydrogens (tertiary/aromatic N) is 2. The molecule has 1 atom stereocenters. The van der Waals surface area contributed by atoms with Crippen molar-refractivity contribution in [2.24, 2.45) is 0 Å². The van der Waals surface area contributed by atoms with Crippen molar-refractivity contribution in [3.05, 3.63) is 59.9 Å². The molecule has 7 heteroatoms. The fourth-order valence-corrected chi connectivity index (χ4v) is 3.27. The zero-order valence-electron chi connectivity index (χ0n) is 17.7. The van der Waals surface area contributed by atoms with Gasteiger partial charge in [-0.1, -0.05) is 19.9 Å². The summed E-state index contributed by atoms with van der Waals surface area (Å²) in [5.41, 5.74) is 3.41. The largest absolute Gasteiger partial charge is 0.493 e. The fourth-order valence-electron chi connectivity index (χ4n) is 3.27. The highest BCUT2D eigenvalue weighted by Crippen LogP contribution is 2.34. The van der Waals surface area contributed by atoms with E-state index in [2.05, 4.69) is 0 Å². The Hall–Kier alpha value is -3.19. The van der Waals surface area contributed by atoms with Crippen molar-refractivity contribution in [3.8, 4) is 28.3 Å². The molecule has 1 aromatic heterocycles. The average molecular weight is 426 g/mol. The molecule has 0 amide bonds. The van der Waals surface area contributed by atoms with Gasteiger partial charge in [0.1, 0.15) is 11.6 Å². The quantitative estimate of drug-likeness (QED) is 0.497. The number of aliphatic hydroxyl groups excluding tert-OH is 1. The van der Waals surface area contributed by atoms with Gasteiger partial charge in [0.2, 0.25) is 0 Å². The first-order chi connectivity index (χ1) is 14.9. The molecule has 0 aliphatic carbocycles. The lowest BCUT2D eigenvalue weighted by molar-refractivity contribution is -0.136. The van der Waals surface area contributed by atoms with Crippen molar-refractivity contribution in [1.82, 2.24) is 9.78 Å². The van der Waals surface area contributed by atoms with E-state index >= 15 is 0 Å². The number of hydrogen-bond acceptors (Lipinski definition) is 4. The number of carboxylic acids is 1. The normalized spacial score (nSPS) is 12.0. The molecule has 1 heterocycles. The number of hydrogen-bond donors (Lipinski definition) is 2. The number of benzene rings is 2. The molecule has 3 rings (SSSR count). The van der Waals surface area contributed by atoms with Gasteiger partial charge >= 0.3 is 5.97 Å². The summed E-state index contributed by atoms with van der Waals surface area (Å²) in [6.45, 7) is 4.69. The van der Waals surface area contributed by atoms with Crippen LogP contribution in [-0.2, 0) is 17.8 Å². The van der Waals surface area contributed by atoms with Gasteiger partial charge in [-0.05, 0) is 60.9 Å². The smallest absolute Gasteiger partial charge is 0.307 e. The molecule has 0 unspecified atom stereocenters. The number of aliphatic hydroxyl groups is 1. The van der Waals surface area contributed by atoms with Crippen molar-refractivity contribution in [2.45, 2.75) is 45.8 Å². The average Bonchev–Trinajstić information content (AvgIpc) is 3.16. The monoisotopic (exact) mass is 426 g/mol. The first kappa shape index (κ1) is 22.5. The third-order valence-electron chi connectivity index (χ3n) is 4.91. The summed E-state index contributed by atoms with van der Waals surface area (Å²) in [6, 6.07) is 13.2. The molecule has 0 bridgehead atoms. The van der Waals surface area contributed by atoms with Crippen LogP contribution >= 0.6 is 0 Å². The second kappa shape index (κ2) is 10.2. The highest BCUT2D eigenvalue weighted by atomic mass is 19.1. The van der Waals surface area contributed by atoms with Gasteiger partial charge < -0.3 is 14.9 Å². The van der Waals surface area contributed by atoms with Gasteiger partial charge in [-0.15, -0.1) is 0 Å². The van der Waals surface area contributed by atoms with Crippen LogP contribution < -0.4 is 4.74 Å². The minimum absolute atomic E-state index is 0.110. The lowest BCUT2D eigenvalue weighted by Gasteiger charge is -2.12. The summed E-state index contributed by atoms with van der Waals surface area (Å²) in [4.78, 5) is 11.2. The predicted molar refractivity (Wildman–Crippen MR) is 116 cm³/mol. The molecule has 2 aromatic carbocycles. The predicted octanol–water partition coefficient (Wildman–Crippen LogP) is 4.54. The summed E-state index contributed by atoms with van der Waals surface area (Å²) in [7, 11) is 0. The van der Waals surface area contributed by atoms with Gasteiger partial charge in [0.05, 0.1) is 37.1 Å². The third-order valence-corrected chi connectivity index (χ3v) is 4.91. The SMILES string of the molecule is CCCOc1ccc(CC(=O)O)cc1-c1cc(-c2ccc(F)cc2)n(C[C@H](O)CC)n1. The Morgan fingerprint density at radius 2 is 1.90 bits per heavy atom. The Morgan fingerprint density at radius 3 is 2.55 bits per heavy atom. The first-order valence-electron chi connectivity index (χ1n) is 10.4. The van der Waals surface area contributed by atoms with Gasteiger partial charge in [-0.2, -0.15) is 5.10 Å². The van der Waals surface area contributed by atoms with Crippen molar-refractivity contribution < 1.29 is 24.1 Å². The topological polar surface area (TPSA) is 84.6 Å². The second-order valence-electron chi connectivity index (χ2n) is 7.42. The molecule has 2 N–H and O–H groups in total. The summed E-state index contributed by atoms with van der Waals surface area (Å²) >= 11 is 0. The number of halogens is 1. The second-order valence-corrected chi connectivity index (χ2v) is 7.42. The maximum absolute atomic E-state index is 13.4. The van der Waals surface area contributed by atoms with E-state index in [0.29, 0.717) is 35.6 Å². The number of carbonyl (C=O) groups is 1. The molecule has 164 valence electrons. The molecule has 0 saturated carbocycles. The Labute approximate surface area is 180 Å². The van der Waals surface area contributed by atoms with Crippen molar-refractivity contribution in [2.75, 3.05) is 6.61 Å². The van der Waals surface area contributed by atoms with Crippen molar-refractivity contribution in [1.29, 1.82) is 0 Å². The summed E-state index contributed by atoms with van der Waals surface area (Å²) < 4.78 is 21.0. The molecule has 0 saturated heterocycles. The maximum Gasteiger partial charge on any atom is 0.307 e. The molecule has 0 aliphatic rings. The fraction of sp³-hybridized carbons (Fsp3) is 0.333. The molecule has 0 radical (unpaired) electrons. The Kier molecular flexibility index (Phi) is 7.41. The van der Waals surface area contributed by atoms with E-state index in [1.54, 1.807) is 35.0 Å². The third kappa shape index (κ3) is 5.70. The maximum atomic E-state index is 13.4. The van der Waals surface area contributed by atoms with Gasteiger partial charge in [-0.25, -0.2) is 4.39 Å². The van der Waals surface area contributed by atoms with Crippen LogP contribution in [0.2, 0.25) is 0 Å². The van der Waals surface area contributed by atoms with Crippen LogP contribution in [0.5, 0.6) is 5.75 Å². The van der Waals surface area contributed by atoms with Crippen LogP contribution in [0.1, 0.15) is 32.3 Å². The van der Waals surface area contributed by atoms with Crippen molar-refractivity contribution >= 4 is 5.97 Å². The standard InChI is InChI=1S/C24H27FN2O4/c1-3-11-31-23-10-5-16(13-24(29)30)12-20(23)21-14-22(17-6-8-18(25)9-7-17)27(26-21)15-19(28)4-2/h5-10,12,14,19,28H,3-4,11,13,15H2,1-2H3,(H,29,30)/t19-/m1/s1. The lowest BCUT2D eigenvalue weighted by Crippen LogP contribution is -2.16. The van der Waals surface area contributed by atoms with E-state index < -0.39 is 12.1 Å². The Bertz CT molecular complexity index is 1030. The molecular formula is C24H27FN2O4. The van der Waals surface area contributed by atoms with Crippen LogP contribution in [0.4, 0.5) is 4.39 Å². The van der Waals surface area contributed by atoms with Crippen LogP contribution in [-0.4, -0.2) is 38.7 Å². The van der Waals surface area contributed by atoms with Crippen LogP contribution in [0, 0.1) is 5.82 Å². The van der Waals surface area contributed by atoms with Gasteiger partial charge in [0, 0.05) is 11.1 Å². The number of ether oxygens (including phenoxy) is 1. The summed E-state index contributed by atoms with van der Waals surface area (Å²) in [5.74, 6) is -0.639. The number of rotatable bonds is 10. The highest BCUT2D eigenvalue weighted by Gasteiger charge is 2.18. The molecule has 31 heavy (non-hydrogen) atoms. The number of carboxylic acid groups (broad SMARTS) is 1. The van der Waals surface area contributed by atoms with E-state index in [4.69, 9.17) is 9.84 Å². The van der Waals surface area contributed by atoms with E-state index in [-0.39, 0.29) is 18.8 Å². The lowest BCUT2D eigenvalue weighted by atomic mass is 10.0. The summed E-state index contributed by atoms with van der Waals surface area (Å²) in [6.07, 6.45) is 0.702. The number of aliphatic carboxylic acids is 1. The molecule has 0 spiro atoms. The van der Waals surface area contributed by atoms with E-state index in [1.807, 2.05) is 19.9 Å². The van der Waals surface area contributed by atoms with Crippen LogP contribution in [0.15, 0.2) is 48.5 Å². The zero-order chi connectivity index (χ0) is 22.4. The Balaban J connectivity index is 2.11. The van der Waals surface area contributed by atoms with E-state index in [9.17, 15) is 19.4 Å². The van der Waals surface area contributed by atoms with E-state index in [1.165, 1.54) is 12.1 Å². The zero-order valence-corrected chi connectivity index (χ0v) is 17.7. The van der Waals surface area contributed by atoms with Gasteiger partial charge in [0.15, 0.2) is 0 Å². The van der Waals surface area contributed by atoms with Gasteiger partial charge in [0.25, 0.3) is 0 Å². The highest BCUT2D eigenvalue weighted by molar-refractivity contribution is 5.76.